The van der Waals surface area contributed by atoms with Gasteiger partial charge in [0, 0.05) is 40.7 Å². The third-order valence-corrected chi connectivity index (χ3v) is 11.0. The number of nitrogen functional groups attached to an aromatic ring is 2. The van der Waals surface area contributed by atoms with Crippen LogP contribution in [0.5, 0.6) is 17.2 Å². The Balaban J connectivity index is 0.000000460. The number of carbonyl (C=O) groups excluding carboxylic acids is 3. The Morgan fingerprint density at radius 3 is 1.21 bits per heavy atom. The number of nitrogens with one attached hydrogen (secondary N) is 2. The molecule has 2 amide bonds. The number of amides is 2. The molecular formula is C39H26Cl10N6NiO10. The quantitative estimate of drug-likeness (QED) is 0.0196. The number of aromatic hydroxyl groups is 3. The molecule has 0 radical (unpaired) electrons. The van der Waals surface area contributed by atoms with E-state index in [1.54, 1.807) is 0 Å². The summed E-state index contributed by atoms with van der Waals surface area (Å²) in [4.78, 5) is 54.2. The van der Waals surface area contributed by atoms with E-state index in [1.165, 1.54) is 66.7 Å². The van der Waals surface area contributed by atoms with Crippen LogP contribution in [0, 0.1) is 20.2 Å². The van der Waals surface area contributed by atoms with Crippen LogP contribution in [0.3, 0.4) is 0 Å². The molecule has 0 heterocycles. The summed E-state index contributed by atoms with van der Waals surface area (Å²) < 4.78 is 0. The summed E-state index contributed by atoms with van der Waals surface area (Å²) >= 11 is 56.6. The summed E-state index contributed by atoms with van der Waals surface area (Å²) in [5, 5.41) is 55.5. The topological polar surface area (TPSA) is 274 Å². The standard InChI is InChI=1S/C13H7Cl3N2O4.C13H9Cl3N2O2.C7H3Cl3O.C6H5ClN2O3.Ni.H2/c14-7-2-1-6(3-8(7)15)13(20)17-10-4-9(16)11(18(21)22)5-12(10)19;14-7-2-1-6(3-8(7)15)13(20)18-11-4-9(16)10(17)5-12(11)19;8-5-2-1-4(7(10)11)3-6(5)9;7-3-1-4(8)6(10)2-5(3)9(11)12;;/h1-5,19H,(H,17,20);1-5,19H,17H2,(H,18,20);1-3H;1-2,10H,8H2;;1H. The van der Waals surface area contributed by atoms with Crippen molar-refractivity contribution in [1.82, 2.24) is 0 Å². The number of carbonyl (C=O) groups is 3. The maximum atomic E-state index is 12.1. The summed E-state index contributed by atoms with van der Waals surface area (Å²) in [6.45, 7) is 0. The molecule has 0 aliphatic rings. The summed E-state index contributed by atoms with van der Waals surface area (Å²) in [7, 11) is 0. The largest absolute Gasteiger partial charge is 0.506 e. The Hall–Kier alpha value is -4.88. The summed E-state index contributed by atoms with van der Waals surface area (Å²) in [6.07, 6.45) is 0. The van der Waals surface area contributed by atoms with E-state index in [1.807, 2.05) is 0 Å². The first kappa shape index (κ1) is 57.3. The normalized spacial score (nSPS) is 9.97. The van der Waals surface area contributed by atoms with Crippen LogP contribution in [-0.2, 0) is 16.5 Å². The summed E-state index contributed by atoms with van der Waals surface area (Å²) in [5.41, 5.74) is 11.1. The SMILES string of the molecule is Nc1cc(Cl)c([N+](=O)[O-])cc1O.Nc1cc(O)c(NC(=O)c2ccc(Cl)c(Cl)c2)cc1Cl.O=C(Cl)c1ccc(Cl)c(Cl)c1.O=C(Nc1cc(Cl)c([N+](=O)[O-])cc1O)c1ccc(Cl)c(Cl)c1.[HH].[Ni]. The van der Waals surface area contributed by atoms with E-state index in [0.717, 1.165) is 24.3 Å². The average Bonchev–Trinajstić information content (AvgIpc) is 3.23. The van der Waals surface area contributed by atoms with Crippen molar-refractivity contribution in [3.63, 3.8) is 0 Å². The first-order chi connectivity index (χ1) is 30.3. The Morgan fingerprint density at radius 2 is 0.818 bits per heavy atom. The predicted octanol–water partition coefficient (Wildman–Crippen LogP) is 13.9. The number of hydrogen-bond donors (Lipinski definition) is 7. The number of hydrogen-bond acceptors (Lipinski definition) is 12. The molecule has 6 aromatic rings. The van der Waals surface area contributed by atoms with Crippen molar-refractivity contribution >= 4 is 167 Å². The minimum Gasteiger partial charge on any atom is -0.506 e. The van der Waals surface area contributed by atoms with Gasteiger partial charge in [-0.2, -0.15) is 0 Å². The number of halogens is 10. The smallest absolute Gasteiger partial charge is 0.291 e. The first-order valence-electron chi connectivity index (χ1n) is 16.9. The van der Waals surface area contributed by atoms with E-state index in [4.69, 9.17) is 133 Å². The molecule has 0 aliphatic carbocycles. The van der Waals surface area contributed by atoms with Gasteiger partial charge >= 0.3 is 0 Å². The molecule has 0 aromatic heterocycles. The number of anilines is 4. The molecule has 0 saturated carbocycles. The van der Waals surface area contributed by atoms with E-state index in [9.17, 15) is 44.8 Å². The second-order valence-electron chi connectivity index (χ2n) is 12.2. The molecule has 9 N–H and O–H groups in total. The summed E-state index contributed by atoms with van der Waals surface area (Å²) in [5.74, 6) is -2.05. The zero-order chi connectivity index (χ0) is 49.0. The number of phenolic OH excluding ortho intramolecular Hbond substituents is 3. The van der Waals surface area contributed by atoms with Crippen molar-refractivity contribution < 1.29 is 57.5 Å². The third kappa shape index (κ3) is 16.5. The van der Waals surface area contributed by atoms with Gasteiger partial charge in [-0.05, 0) is 84.4 Å². The van der Waals surface area contributed by atoms with Crippen LogP contribution in [0.1, 0.15) is 32.5 Å². The number of phenols is 3. The number of rotatable bonds is 7. The number of nitrogens with zero attached hydrogens (tertiary/aromatic N) is 2. The van der Waals surface area contributed by atoms with E-state index < -0.39 is 38.3 Å². The molecule has 6 aromatic carbocycles. The van der Waals surface area contributed by atoms with Gasteiger partial charge in [-0.15, -0.1) is 0 Å². The monoisotopic (exact) mass is 1150 g/mol. The van der Waals surface area contributed by atoms with Crippen molar-refractivity contribution in [3.05, 3.63) is 173 Å². The summed E-state index contributed by atoms with van der Waals surface area (Å²) in [6, 6.07) is 19.8. The zero-order valence-electron chi connectivity index (χ0n) is 32.0. The Morgan fingerprint density at radius 1 is 0.470 bits per heavy atom. The van der Waals surface area contributed by atoms with Crippen molar-refractivity contribution in [3.8, 4) is 17.2 Å². The van der Waals surface area contributed by atoms with Crippen molar-refractivity contribution in [1.29, 1.82) is 0 Å². The van der Waals surface area contributed by atoms with Gasteiger partial charge in [0.2, 0.25) is 0 Å². The second kappa shape index (κ2) is 25.9. The van der Waals surface area contributed by atoms with Gasteiger partial charge in [0.1, 0.15) is 27.3 Å². The van der Waals surface area contributed by atoms with Crippen LogP contribution >= 0.6 is 116 Å². The molecule has 6 rings (SSSR count). The van der Waals surface area contributed by atoms with Gasteiger partial charge in [0.25, 0.3) is 28.4 Å². The Bertz CT molecular complexity index is 2850. The number of nitrogens with two attached hydrogens (primary N) is 2. The molecule has 66 heavy (non-hydrogen) atoms. The Kier molecular flexibility index (Phi) is 22.4. The maximum Gasteiger partial charge on any atom is 0.291 e. The molecular weight excluding hydrogens is 1130 g/mol. The minimum absolute atomic E-state index is 0. The number of benzene rings is 6. The van der Waals surface area contributed by atoms with Crippen LogP contribution < -0.4 is 22.1 Å². The fourth-order valence-corrected chi connectivity index (χ4v) is 6.11. The van der Waals surface area contributed by atoms with E-state index in [0.29, 0.717) is 31.2 Å². The van der Waals surface area contributed by atoms with E-state index in [-0.39, 0.29) is 88.5 Å². The van der Waals surface area contributed by atoms with Gasteiger partial charge in [-0.3, -0.25) is 34.6 Å². The van der Waals surface area contributed by atoms with Gasteiger partial charge in [-0.1, -0.05) is 104 Å². The molecule has 0 spiro atoms. The van der Waals surface area contributed by atoms with Crippen LogP contribution in [-0.4, -0.2) is 42.2 Å². The van der Waals surface area contributed by atoms with Crippen LogP contribution in [0.15, 0.2) is 91.0 Å². The fourth-order valence-electron chi connectivity index (χ4n) is 4.46. The predicted molar refractivity (Wildman–Crippen MR) is 259 cm³/mol. The molecule has 0 unspecified atom stereocenters. The van der Waals surface area contributed by atoms with E-state index in [2.05, 4.69) is 10.6 Å². The molecule has 16 nitrogen and oxygen atoms in total. The van der Waals surface area contributed by atoms with Crippen molar-refractivity contribution in [2.45, 2.75) is 0 Å². The molecule has 352 valence electrons. The van der Waals surface area contributed by atoms with Crippen molar-refractivity contribution in [2.24, 2.45) is 0 Å². The molecule has 0 atom stereocenters. The molecule has 0 saturated heterocycles. The Labute approximate surface area is 433 Å². The van der Waals surface area contributed by atoms with Crippen LogP contribution in [0.25, 0.3) is 0 Å². The number of nitro groups is 2. The molecule has 0 aliphatic heterocycles. The molecule has 0 fully saturated rings. The third-order valence-electron chi connectivity index (χ3n) is 7.68. The van der Waals surface area contributed by atoms with Crippen LogP contribution in [0.4, 0.5) is 34.1 Å². The van der Waals surface area contributed by atoms with Gasteiger partial charge < -0.3 is 37.4 Å². The average molecular weight is 1150 g/mol. The number of nitro benzene ring substituents is 2. The van der Waals surface area contributed by atoms with Gasteiger partial charge in [0.15, 0.2) is 0 Å². The maximum absolute atomic E-state index is 12.1. The van der Waals surface area contributed by atoms with Gasteiger partial charge in [-0.25, -0.2) is 0 Å². The second-order valence-corrected chi connectivity index (χ2v) is 16.2. The van der Waals surface area contributed by atoms with Crippen molar-refractivity contribution in [2.75, 3.05) is 22.1 Å². The first-order valence-corrected chi connectivity index (χ1v) is 20.6. The fraction of sp³-hybridized carbons (Fsp3) is 0. The minimum atomic E-state index is -0.743. The molecule has 27 heteroatoms. The van der Waals surface area contributed by atoms with Crippen LogP contribution in [0.2, 0.25) is 45.2 Å². The molecule has 0 bridgehead atoms. The zero-order valence-corrected chi connectivity index (χ0v) is 40.6. The van der Waals surface area contributed by atoms with Gasteiger partial charge in [0.05, 0.1) is 79.9 Å². The van der Waals surface area contributed by atoms with E-state index >= 15 is 0 Å².